The van der Waals surface area contributed by atoms with Crippen molar-refractivity contribution in [1.82, 2.24) is 14.7 Å². The molecular formula is C26H23N3O2S. The van der Waals surface area contributed by atoms with Crippen LogP contribution in [0.4, 0.5) is 0 Å². The van der Waals surface area contributed by atoms with Crippen molar-refractivity contribution in [3.8, 4) is 17.0 Å². The zero-order valence-corrected chi connectivity index (χ0v) is 18.6. The summed E-state index contributed by atoms with van der Waals surface area (Å²) in [6.07, 6.45) is 2.86. The maximum absolute atomic E-state index is 12.6. The van der Waals surface area contributed by atoms with Crippen molar-refractivity contribution >= 4 is 32.4 Å². The molecular weight excluding hydrogens is 418 g/mol. The Bertz CT molecular complexity index is 1370. The number of nitrogens with one attached hydrogen (secondary N) is 1. The van der Waals surface area contributed by atoms with E-state index in [1.54, 1.807) is 11.3 Å². The molecule has 0 unspecified atom stereocenters. The zero-order valence-electron chi connectivity index (χ0n) is 17.7. The number of thiazole rings is 1. The molecule has 2 heterocycles. The number of carbonyl (C=O) groups excluding carboxylic acids is 1. The first-order chi connectivity index (χ1) is 15.7. The zero-order chi connectivity index (χ0) is 21.9. The summed E-state index contributed by atoms with van der Waals surface area (Å²) in [6.45, 7) is 3.24. The number of hydrogen-bond donors (Lipinski definition) is 1. The molecule has 1 amide bonds. The molecule has 5 nitrogen and oxygen atoms in total. The lowest BCUT2D eigenvalue weighted by Gasteiger charge is -2.05. The lowest BCUT2D eigenvalue weighted by molar-refractivity contribution is 0.0954. The summed E-state index contributed by atoms with van der Waals surface area (Å²) >= 11 is 1.59. The minimum absolute atomic E-state index is 0.0519. The SMILES string of the molecule is CCOc1ccc(-c2cn3c(n2)sc2cc(C(=O)NCCc4ccccc4)ccc23)cc1. The van der Waals surface area contributed by atoms with E-state index in [1.807, 2.05) is 73.8 Å². The maximum atomic E-state index is 12.6. The molecule has 0 fully saturated rings. The largest absolute Gasteiger partial charge is 0.494 e. The standard InChI is InChI=1S/C26H23N3O2S/c1-2-31-21-11-8-19(9-12-21)22-17-29-23-13-10-20(16-24(23)32-26(29)28-22)25(30)27-15-14-18-6-4-3-5-7-18/h3-13,16-17H,2,14-15H2,1H3,(H,27,30). The van der Waals surface area contributed by atoms with Crippen LogP contribution in [0.1, 0.15) is 22.8 Å². The number of imidazole rings is 1. The quantitative estimate of drug-likeness (QED) is 0.358. The average Bonchev–Trinajstić information content (AvgIpc) is 3.38. The summed E-state index contributed by atoms with van der Waals surface area (Å²) in [5.74, 6) is 0.807. The van der Waals surface area contributed by atoms with Gasteiger partial charge in [-0.2, -0.15) is 0 Å². The van der Waals surface area contributed by atoms with Gasteiger partial charge >= 0.3 is 0 Å². The third-order valence-electron chi connectivity index (χ3n) is 5.36. The maximum Gasteiger partial charge on any atom is 0.251 e. The molecule has 0 aliphatic carbocycles. The number of nitrogens with zero attached hydrogens (tertiary/aromatic N) is 2. The first kappa shape index (κ1) is 20.3. The lowest BCUT2D eigenvalue weighted by Crippen LogP contribution is -2.25. The third kappa shape index (κ3) is 4.09. The molecule has 0 atom stereocenters. The normalized spacial score (nSPS) is 11.2. The number of amides is 1. The van der Waals surface area contributed by atoms with Gasteiger partial charge in [0.15, 0.2) is 4.96 Å². The Hall–Kier alpha value is -3.64. The minimum Gasteiger partial charge on any atom is -0.494 e. The van der Waals surface area contributed by atoms with Crippen LogP contribution in [-0.4, -0.2) is 28.4 Å². The molecule has 5 aromatic rings. The smallest absolute Gasteiger partial charge is 0.251 e. The summed E-state index contributed by atoms with van der Waals surface area (Å²) in [4.78, 5) is 18.3. The fraction of sp³-hybridized carbons (Fsp3) is 0.154. The highest BCUT2D eigenvalue weighted by molar-refractivity contribution is 7.23. The van der Waals surface area contributed by atoms with E-state index in [-0.39, 0.29) is 5.91 Å². The van der Waals surface area contributed by atoms with E-state index >= 15 is 0 Å². The molecule has 0 saturated carbocycles. The van der Waals surface area contributed by atoms with E-state index in [1.165, 1.54) is 5.56 Å². The third-order valence-corrected chi connectivity index (χ3v) is 6.38. The van der Waals surface area contributed by atoms with Gasteiger partial charge in [-0.05, 0) is 61.4 Å². The first-order valence-electron chi connectivity index (χ1n) is 10.7. The number of rotatable bonds is 7. The fourth-order valence-corrected chi connectivity index (χ4v) is 4.78. The van der Waals surface area contributed by atoms with Crippen LogP contribution in [0, 0.1) is 0 Å². The summed E-state index contributed by atoms with van der Waals surface area (Å²) in [5, 5.41) is 3.02. The van der Waals surface area contributed by atoms with Gasteiger partial charge in [0.1, 0.15) is 5.75 Å². The molecule has 0 bridgehead atoms. The van der Waals surface area contributed by atoms with Gasteiger partial charge in [-0.3, -0.25) is 9.20 Å². The van der Waals surface area contributed by atoms with Crippen LogP contribution >= 0.6 is 11.3 Å². The summed E-state index contributed by atoms with van der Waals surface area (Å²) < 4.78 is 8.65. The fourth-order valence-electron chi connectivity index (χ4n) is 3.74. The summed E-state index contributed by atoms with van der Waals surface area (Å²) in [7, 11) is 0. The molecule has 0 aliphatic rings. The monoisotopic (exact) mass is 441 g/mol. The Labute approximate surface area is 190 Å². The molecule has 6 heteroatoms. The van der Waals surface area contributed by atoms with Gasteiger partial charge in [-0.15, -0.1) is 0 Å². The van der Waals surface area contributed by atoms with Crippen molar-refractivity contribution in [2.24, 2.45) is 0 Å². The number of ether oxygens (including phenoxy) is 1. The van der Waals surface area contributed by atoms with Gasteiger partial charge < -0.3 is 10.1 Å². The van der Waals surface area contributed by atoms with Gasteiger partial charge in [0.25, 0.3) is 5.91 Å². The van der Waals surface area contributed by atoms with Gasteiger partial charge in [-0.1, -0.05) is 41.7 Å². The second-order valence-corrected chi connectivity index (χ2v) is 8.52. The number of fused-ring (bicyclic) bond motifs is 3. The molecule has 5 rings (SSSR count). The minimum atomic E-state index is -0.0519. The van der Waals surface area contributed by atoms with Gasteiger partial charge in [0.2, 0.25) is 0 Å². The van der Waals surface area contributed by atoms with E-state index in [4.69, 9.17) is 9.72 Å². The van der Waals surface area contributed by atoms with E-state index < -0.39 is 0 Å². The molecule has 32 heavy (non-hydrogen) atoms. The Morgan fingerprint density at radius 2 is 1.88 bits per heavy atom. The predicted octanol–water partition coefficient (Wildman–Crippen LogP) is 5.59. The van der Waals surface area contributed by atoms with E-state index in [0.717, 1.165) is 38.6 Å². The number of aromatic nitrogens is 2. The molecule has 0 spiro atoms. The second-order valence-electron chi connectivity index (χ2n) is 7.51. The van der Waals surface area contributed by atoms with Crippen LogP contribution in [0.5, 0.6) is 5.75 Å². The van der Waals surface area contributed by atoms with Crippen molar-refractivity contribution in [1.29, 1.82) is 0 Å². The van der Waals surface area contributed by atoms with Gasteiger partial charge in [0, 0.05) is 23.9 Å². The van der Waals surface area contributed by atoms with E-state index in [2.05, 4.69) is 21.9 Å². The molecule has 0 radical (unpaired) electrons. The Balaban J connectivity index is 1.32. The van der Waals surface area contributed by atoms with E-state index in [9.17, 15) is 4.79 Å². The van der Waals surface area contributed by atoms with Crippen LogP contribution < -0.4 is 10.1 Å². The number of benzene rings is 3. The Kier molecular flexibility index (Phi) is 5.60. The van der Waals surface area contributed by atoms with Crippen LogP contribution in [0.15, 0.2) is 79.0 Å². The highest BCUT2D eigenvalue weighted by Crippen LogP contribution is 2.30. The second kappa shape index (κ2) is 8.85. The molecule has 1 N–H and O–H groups in total. The molecule has 0 aliphatic heterocycles. The highest BCUT2D eigenvalue weighted by Gasteiger charge is 2.13. The molecule has 0 saturated heterocycles. The van der Waals surface area contributed by atoms with Crippen molar-refractivity contribution in [2.45, 2.75) is 13.3 Å². The van der Waals surface area contributed by atoms with Gasteiger partial charge in [-0.25, -0.2) is 4.98 Å². The number of hydrogen-bond acceptors (Lipinski definition) is 4. The topological polar surface area (TPSA) is 55.6 Å². The average molecular weight is 442 g/mol. The van der Waals surface area contributed by atoms with Crippen molar-refractivity contribution in [3.05, 3.63) is 90.1 Å². The summed E-state index contributed by atoms with van der Waals surface area (Å²) in [6, 6.07) is 24.0. The van der Waals surface area contributed by atoms with Crippen LogP contribution in [0.25, 0.3) is 26.4 Å². The van der Waals surface area contributed by atoms with E-state index in [0.29, 0.717) is 18.7 Å². The van der Waals surface area contributed by atoms with Crippen LogP contribution in [0.3, 0.4) is 0 Å². The first-order valence-corrected chi connectivity index (χ1v) is 11.5. The van der Waals surface area contributed by atoms with Crippen molar-refractivity contribution < 1.29 is 9.53 Å². The highest BCUT2D eigenvalue weighted by atomic mass is 32.1. The predicted molar refractivity (Wildman–Crippen MR) is 130 cm³/mol. The van der Waals surface area contributed by atoms with Gasteiger partial charge in [0.05, 0.1) is 22.5 Å². The van der Waals surface area contributed by atoms with Crippen molar-refractivity contribution in [2.75, 3.05) is 13.2 Å². The van der Waals surface area contributed by atoms with Crippen LogP contribution in [-0.2, 0) is 6.42 Å². The number of carbonyl (C=O) groups is 1. The van der Waals surface area contributed by atoms with Crippen molar-refractivity contribution in [3.63, 3.8) is 0 Å². The molecule has 160 valence electrons. The Morgan fingerprint density at radius 1 is 1.06 bits per heavy atom. The molecule has 2 aromatic heterocycles. The Morgan fingerprint density at radius 3 is 2.66 bits per heavy atom. The molecule has 3 aromatic carbocycles. The summed E-state index contributed by atoms with van der Waals surface area (Å²) in [5.41, 5.74) is 4.90. The van der Waals surface area contributed by atoms with Crippen LogP contribution in [0.2, 0.25) is 0 Å². The lowest BCUT2D eigenvalue weighted by atomic mass is 10.1.